The molecule has 1 fully saturated rings. The number of para-hydroxylation sites is 1. The van der Waals surface area contributed by atoms with Crippen molar-refractivity contribution >= 4 is 39.7 Å². The summed E-state index contributed by atoms with van der Waals surface area (Å²) in [7, 11) is 0. The number of nitrogens with one attached hydrogen (secondary N) is 2. The van der Waals surface area contributed by atoms with E-state index in [0.29, 0.717) is 18.1 Å². The van der Waals surface area contributed by atoms with Gasteiger partial charge in [0.2, 0.25) is 5.91 Å². The average Bonchev–Trinajstić information content (AvgIpc) is 3.57. The molecule has 1 aliphatic rings. The monoisotopic (exact) mass is 517 g/mol. The van der Waals surface area contributed by atoms with Crippen molar-refractivity contribution in [3.63, 3.8) is 0 Å². The van der Waals surface area contributed by atoms with Crippen molar-refractivity contribution < 1.29 is 4.79 Å². The Morgan fingerprint density at radius 3 is 2.50 bits per heavy atom. The van der Waals surface area contributed by atoms with Crippen LogP contribution >= 0.6 is 12.2 Å². The fourth-order valence-corrected chi connectivity index (χ4v) is 5.46. The highest BCUT2D eigenvalue weighted by molar-refractivity contribution is 7.80. The van der Waals surface area contributed by atoms with E-state index in [1.807, 2.05) is 48.5 Å². The minimum atomic E-state index is -0.157. The molecule has 2 atom stereocenters. The van der Waals surface area contributed by atoms with E-state index in [2.05, 4.69) is 85.9 Å². The van der Waals surface area contributed by atoms with Gasteiger partial charge in [0.15, 0.2) is 5.11 Å². The molecule has 0 radical (unpaired) electrons. The third-order valence-corrected chi connectivity index (χ3v) is 7.28. The van der Waals surface area contributed by atoms with Crippen molar-refractivity contribution in [3.05, 3.63) is 127 Å². The summed E-state index contributed by atoms with van der Waals surface area (Å²) in [5.74, 6) is -0.0519. The van der Waals surface area contributed by atoms with Crippen LogP contribution in [-0.2, 0) is 4.79 Å². The lowest BCUT2D eigenvalue weighted by Crippen LogP contribution is -2.33. The van der Waals surface area contributed by atoms with Crippen molar-refractivity contribution in [3.8, 4) is 5.69 Å². The minimum Gasteiger partial charge on any atom is -0.352 e. The molecule has 0 spiro atoms. The number of carbonyl (C=O) groups is 1. The zero-order valence-corrected chi connectivity index (χ0v) is 21.5. The predicted molar refractivity (Wildman–Crippen MR) is 155 cm³/mol. The number of thiocarbonyl (C=S) groups is 1. The largest absolute Gasteiger partial charge is 0.352 e. The lowest BCUT2D eigenvalue weighted by molar-refractivity contribution is -0.116. The first-order valence-electron chi connectivity index (χ1n) is 12.7. The summed E-state index contributed by atoms with van der Waals surface area (Å²) in [6.07, 6.45) is 4.19. The molecule has 0 saturated carbocycles. The van der Waals surface area contributed by atoms with Crippen LogP contribution in [-0.4, -0.2) is 32.0 Å². The zero-order valence-electron chi connectivity index (χ0n) is 20.7. The van der Waals surface area contributed by atoms with Crippen molar-refractivity contribution in [1.82, 2.24) is 19.8 Å². The first kappa shape index (κ1) is 23.9. The Bertz CT molecular complexity index is 1580. The number of hydrogen-bond acceptors (Lipinski definition) is 3. The van der Waals surface area contributed by atoms with Crippen LogP contribution in [0.4, 0.5) is 5.69 Å². The molecular weight excluding hydrogens is 490 g/mol. The number of pyridine rings is 1. The molecule has 6 rings (SSSR count). The van der Waals surface area contributed by atoms with Gasteiger partial charge in [0.05, 0.1) is 17.8 Å². The van der Waals surface area contributed by atoms with E-state index < -0.39 is 0 Å². The molecule has 188 valence electrons. The molecule has 6 nitrogen and oxygen atoms in total. The maximum absolute atomic E-state index is 12.8. The van der Waals surface area contributed by atoms with E-state index in [-0.39, 0.29) is 18.0 Å². The van der Waals surface area contributed by atoms with E-state index in [1.54, 1.807) is 6.20 Å². The standard InChI is InChI=1S/C31H27N5OS/c37-28(33-24-11-2-1-3-12-24)17-20-36-30(29(34-31(36)38)26-13-6-7-18-32-26)27-14-8-19-35(27)25-16-15-22-9-4-5-10-23(22)21-25/h1-16,18-19,21,29-30H,17,20H2,(H,33,37)(H,34,38)/t29-,30+/m0/s1. The Morgan fingerprint density at radius 2 is 1.68 bits per heavy atom. The van der Waals surface area contributed by atoms with Gasteiger partial charge in [-0.1, -0.05) is 54.6 Å². The lowest BCUT2D eigenvalue weighted by atomic mass is 10.0. The zero-order chi connectivity index (χ0) is 25.9. The number of fused-ring (bicyclic) bond motifs is 1. The molecule has 1 aliphatic heterocycles. The SMILES string of the molecule is O=C(CCN1C(=S)N[C@@H](c2ccccn2)[C@H]1c1cccn1-c1ccc2ccccc2c1)Nc1ccccc1. The summed E-state index contributed by atoms with van der Waals surface area (Å²) in [5.41, 5.74) is 3.84. The van der Waals surface area contributed by atoms with Gasteiger partial charge in [0.25, 0.3) is 0 Å². The maximum Gasteiger partial charge on any atom is 0.226 e. The first-order chi connectivity index (χ1) is 18.7. The summed E-state index contributed by atoms with van der Waals surface area (Å²) in [6, 6.07) is 34.1. The first-order valence-corrected chi connectivity index (χ1v) is 13.1. The van der Waals surface area contributed by atoms with Gasteiger partial charge in [-0.3, -0.25) is 9.78 Å². The smallest absolute Gasteiger partial charge is 0.226 e. The summed E-state index contributed by atoms with van der Waals surface area (Å²) in [4.78, 5) is 19.6. The Labute approximate surface area is 226 Å². The molecule has 3 heterocycles. The predicted octanol–water partition coefficient (Wildman–Crippen LogP) is 6.03. The van der Waals surface area contributed by atoms with Crippen molar-refractivity contribution in [1.29, 1.82) is 0 Å². The van der Waals surface area contributed by atoms with Crippen LogP contribution in [0.25, 0.3) is 16.5 Å². The number of nitrogens with zero attached hydrogens (tertiary/aromatic N) is 3. The molecule has 1 saturated heterocycles. The van der Waals surface area contributed by atoms with Gasteiger partial charge in [0.1, 0.15) is 0 Å². The third kappa shape index (κ3) is 4.76. The van der Waals surface area contributed by atoms with Crippen LogP contribution in [0.5, 0.6) is 0 Å². The number of carbonyl (C=O) groups excluding carboxylic acids is 1. The normalized spacial score (nSPS) is 16.9. The van der Waals surface area contributed by atoms with E-state index in [0.717, 1.165) is 22.8 Å². The van der Waals surface area contributed by atoms with E-state index in [4.69, 9.17) is 12.2 Å². The molecular formula is C31H27N5OS. The van der Waals surface area contributed by atoms with E-state index >= 15 is 0 Å². The molecule has 38 heavy (non-hydrogen) atoms. The molecule has 3 aromatic carbocycles. The second-order valence-corrected chi connectivity index (χ2v) is 9.71. The number of hydrogen-bond donors (Lipinski definition) is 2. The Kier molecular flexibility index (Phi) is 6.58. The molecule has 1 amide bonds. The number of aromatic nitrogens is 2. The Morgan fingerprint density at radius 1 is 0.895 bits per heavy atom. The summed E-state index contributed by atoms with van der Waals surface area (Å²) in [6.45, 7) is 0.474. The van der Waals surface area contributed by atoms with Gasteiger partial charge in [-0.2, -0.15) is 0 Å². The Balaban J connectivity index is 1.33. The summed E-state index contributed by atoms with van der Waals surface area (Å²) >= 11 is 5.82. The van der Waals surface area contributed by atoms with Crippen LogP contribution in [0.2, 0.25) is 0 Å². The number of amides is 1. The molecule has 2 aromatic heterocycles. The van der Waals surface area contributed by atoms with Crippen molar-refractivity contribution in [2.75, 3.05) is 11.9 Å². The molecule has 7 heteroatoms. The fourth-order valence-electron chi connectivity index (χ4n) is 5.13. The summed E-state index contributed by atoms with van der Waals surface area (Å²) < 4.78 is 2.21. The minimum absolute atomic E-state index is 0.0519. The van der Waals surface area contributed by atoms with Crippen molar-refractivity contribution in [2.24, 2.45) is 0 Å². The molecule has 2 N–H and O–H groups in total. The lowest BCUT2D eigenvalue weighted by Gasteiger charge is -2.29. The highest BCUT2D eigenvalue weighted by Gasteiger charge is 2.41. The number of rotatable bonds is 7. The van der Waals surface area contributed by atoms with Crippen LogP contribution in [0.1, 0.15) is 29.9 Å². The molecule has 5 aromatic rings. The van der Waals surface area contributed by atoms with Gasteiger partial charge < -0.3 is 20.1 Å². The van der Waals surface area contributed by atoms with Gasteiger partial charge in [-0.25, -0.2) is 0 Å². The van der Waals surface area contributed by atoms with Crippen LogP contribution in [0.3, 0.4) is 0 Å². The van der Waals surface area contributed by atoms with Crippen molar-refractivity contribution in [2.45, 2.75) is 18.5 Å². The maximum atomic E-state index is 12.8. The second kappa shape index (κ2) is 10.5. The Hall–Kier alpha value is -4.49. The molecule has 0 aliphatic carbocycles. The van der Waals surface area contributed by atoms with Gasteiger partial charge in [-0.05, 0) is 71.5 Å². The summed E-state index contributed by atoms with van der Waals surface area (Å²) in [5, 5.41) is 9.47. The third-order valence-electron chi connectivity index (χ3n) is 6.93. The number of anilines is 1. The van der Waals surface area contributed by atoms with E-state index in [1.165, 1.54) is 10.8 Å². The topological polar surface area (TPSA) is 62.2 Å². The fraction of sp³-hybridized carbons (Fsp3) is 0.129. The van der Waals surface area contributed by atoms with Gasteiger partial charge >= 0.3 is 0 Å². The van der Waals surface area contributed by atoms with Crippen LogP contribution < -0.4 is 10.6 Å². The van der Waals surface area contributed by atoms with Gasteiger partial charge in [-0.15, -0.1) is 0 Å². The molecule has 0 bridgehead atoms. The second-order valence-electron chi connectivity index (χ2n) is 9.32. The van der Waals surface area contributed by atoms with Crippen LogP contribution in [0.15, 0.2) is 116 Å². The van der Waals surface area contributed by atoms with Gasteiger partial charge in [0, 0.05) is 42.4 Å². The number of benzene rings is 3. The van der Waals surface area contributed by atoms with E-state index in [9.17, 15) is 4.79 Å². The quantitative estimate of drug-likeness (QED) is 0.258. The van der Waals surface area contributed by atoms with Crippen LogP contribution in [0, 0.1) is 0 Å². The highest BCUT2D eigenvalue weighted by Crippen LogP contribution is 2.39. The highest BCUT2D eigenvalue weighted by atomic mass is 32.1. The molecule has 0 unspecified atom stereocenters. The average molecular weight is 518 g/mol.